The maximum Gasteiger partial charge on any atom is 0.333 e. The van der Waals surface area contributed by atoms with E-state index in [1.54, 1.807) is 0 Å². The summed E-state index contributed by atoms with van der Waals surface area (Å²) in [5.41, 5.74) is 2.88. The zero-order valence-corrected chi connectivity index (χ0v) is 18.0. The number of carbonyl (C=O) groups is 1. The number of hydrogen-bond donors (Lipinski definition) is 1. The molecule has 0 radical (unpaired) electrons. The van der Waals surface area contributed by atoms with Gasteiger partial charge >= 0.3 is 5.97 Å². The number of esters is 1. The molecule has 3 heteroatoms. The molecule has 1 N–H and O–H groups in total. The number of ether oxygens (including phenoxy) is 1. The maximum absolute atomic E-state index is 11.4. The van der Waals surface area contributed by atoms with Gasteiger partial charge in [0.05, 0.1) is 0 Å². The summed E-state index contributed by atoms with van der Waals surface area (Å²) in [6.45, 7) is 14.5. The van der Waals surface area contributed by atoms with E-state index in [1.807, 2.05) is 6.08 Å². The molecule has 0 amide bonds. The van der Waals surface area contributed by atoms with Crippen LogP contribution in [0.1, 0.15) is 72.6 Å². The van der Waals surface area contributed by atoms with Gasteiger partial charge in [0.15, 0.2) is 0 Å². The molecule has 0 bridgehead atoms. The highest BCUT2D eigenvalue weighted by Crippen LogP contribution is 2.69. The van der Waals surface area contributed by atoms with Crippen LogP contribution in [0.25, 0.3) is 0 Å². The van der Waals surface area contributed by atoms with Crippen LogP contribution in [0.4, 0.5) is 0 Å². The first-order chi connectivity index (χ1) is 13.1. The SMILES string of the molecule is C=C1CC[C@H]2[C@@](C)(CCC3C(C)(C)CCC[C@@]32C)[C@@H]1/C=C/C1=CC(=O)OC1O. The van der Waals surface area contributed by atoms with Crippen molar-refractivity contribution in [1.82, 2.24) is 0 Å². The molecule has 3 nitrogen and oxygen atoms in total. The van der Waals surface area contributed by atoms with Gasteiger partial charge in [-0.05, 0) is 66.6 Å². The lowest BCUT2D eigenvalue weighted by molar-refractivity contribution is -0.151. The first-order valence-electron chi connectivity index (χ1n) is 11.0. The molecule has 3 saturated carbocycles. The van der Waals surface area contributed by atoms with Crippen LogP contribution in [0.5, 0.6) is 0 Å². The van der Waals surface area contributed by atoms with Gasteiger partial charge in [0, 0.05) is 17.6 Å². The van der Waals surface area contributed by atoms with Gasteiger partial charge in [-0.3, -0.25) is 0 Å². The summed E-state index contributed by atoms with van der Waals surface area (Å²) >= 11 is 0. The van der Waals surface area contributed by atoms with E-state index in [0.29, 0.717) is 22.3 Å². The van der Waals surface area contributed by atoms with Crippen molar-refractivity contribution in [2.45, 2.75) is 78.9 Å². The van der Waals surface area contributed by atoms with E-state index in [9.17, 15) is 9.90 Å². The first-order valence-corrected chi connectivity index (χ1v) is 11.0. The van der Waals surface area contributed by atoms with Crippen LogP contribution in [-0.2, 0) is 9.53 Å². The number of fused-ring (bicyclic) bond motifs is 3. The summed E-state index contributed by atoms with van der Waals surface area (Å²) in [4.78, 5) is 11.4. The molecule has 28 heavy (non-hydrogen) atoms. The number of rotatable bonds is 2. The zero-order valence-electron chi connectivity index (χ0n) is 18.0. The standard InChI is InChI=1S/C25H36O3/c1-16-7-10-20-24(4,18(16)9-8-17-15-21(26)28-22(17)27)14-11-19-23(2,3)12-6-13-25(19,20)5/h8-9,15,18-20,22,27H,1,6-7,10-14H2,2-5H3/b9-8+/t18-,19?,20+,22?,24+,25+/m1/s1. The summed E-state index contributed by atoms with van der Waals surface area (Å²) < 4.78 is 4.83. The lowest BCUT2D eigenvalue weighted by atomic mass is 9.39. The number of cyclic esters (lactones) is 1. The second-order valence-electron chi connectivity index (χ2n) is 11.0. The molecule has 1 aliphatic heterocycles. The number of aliphatic hydroxyl groups is 1. The van der Waals surface area contributed by atoms with Crippen LogP contribution < -0.4 is 0 Å². The largest absolute Gasteiger partial charge is 0.428 e. The molecular formula is C25H36O3. The molecule has 1 heterocycles. The Labute approximate surface area is 169 Å². The molecule has 4 aliphatic rings. The van der Waals surface area contributed by atoms with E-state index in [-0.39, 0.29) is 11.3 Å². The molecule has 2 unspecified atom stereocenters. The Morgan fingerprint density at radius 3 is 2.54 bits per heavy atom. The molecule has 4 rings (SSSR count). The zero-order chi connectivity index (χ0) is 20.3. The number of allylic oxidation sites excluding steroid dienone is 2. The van der Waals surface area contributed by atoms with Crippen molar-refractivity contribution in [1.29, 1.82) is 0 Å². The molecule has 0 aromatic carbocycles. The van der Waals surface area contributed by atoms with Crippen molar-refractivity contribution in [2.75, 3.05) is 0 Å². The highest BCUT2D eigenvalue weighted by molar-refractivity contribution is 5.86. The third-order valence-corrected chi connectivity index (χ3v) is 9.02. The number of aliphatic hydroxyl groups excluding tert-OH is 1. The van der Waals surface area contributed by atoms with Gasteiger partial charge in [-0.25, -0.2) is 4.79 Å². The van der Waals surface area contributed by atoms with E-state index in [0.717, 1.165) is 12.3 Å². The van der Waals surface area contributed by atoms with Crippen molar-refractivity contribution < 1.29 is 14.6 Å². The maximum atomic E-state index is 11.4. The van der Waals surface area contributed by atoms with Gasteiger partial charge in [-0.2, -0.15) is 0 Å². The smallest absolute Gasteiger partial charge is 0.333 e. The van der Waals surface area contributed by atoms with E-state index in [4.69, 9.17) is 4.74 Å². The predicted molar refractivity (Wildman–Crippen MR) is 111 cm³/mol. The Morgan fingerprint density at radius 2 is 1.86 bits per heavy atom. The van der Waals surface area contributed by atoms with Crippen molar-refractivity contribution in [3.63, 3.8) is 0 Å². The Hall–Kier alpha value is -1.35. The van der Waals surface area contributed by atoms with E-state index in [2.05, 4.69) is 40.3 Å². The Bertz CT molecular complexity index is 745. The van der Waals surface area contributed by atoms with Gasteiger partial charge in [0.1, 0.15) is 0 Å². The summed E-state index contributed by atoms with van der Waals surface area (Å²) in [5, 5.41) is 9.92. The fraction of sp³-hybridized carbons (Fsp3) is 0.720. The molecule has 0 spiro atoms. The second-order valence-corrected chi connectivity index (χ2v) is 11.0. The molecule has 6 atom stereocenters. The highest BCUT2D eigenvalue weighted by atomic mass is 16.6. The van der Waals surface area contributed by atoms with Crippen LogP contribution in [0.2, 0.25) is 0 Å². The van der Waals surface area contributed by atoms with Gasteiger partial charge in [-0.15, -0.1) is 0 Å². The molecule has 3 fully saturated rings. The van der Waals surface area contributed by atoms with Gasteiger partial charge in [0.2, 0.25) is 6.29 Å². The van der Waals surface area contributed by atoms with E-state index >= 15 is 0 Å². The van der Waals surface area contributed by atoms with Crippen LogP contribution in [0, 0.1) is 34.0 Å². The van der Waals surface area contributed by atoms with Gasteiger partial charge in [-0.1, -0.05) is 58.4 Å². The molecule has 154 valence electrons. The summed E-state index contributed by atoms with van der Waals surface area (Å²) in [6.07, 6.45) is 13.3. The third kappa shape index (κ3) is 2.93. The second kappa shape index (κ2) is 6.58. The lowest BCUT2D eigenvalue weighted by Crippen LogP contribution is -2.57. The van der Waals surface area contributed by atoms with E-state index < -0.39 is 12.3 Å². The van der Waals surface area contributed by atoms with Crippen LogP contribution in [0.15, 0.2) is 36.0 Å². The average molecular weight is 385 g/mol. The normalized spacial score (nSPS) is 45.4. The fourth-order valence-corrected chi connectivity index (χ4v) is 7.78. The van der Waals surface area contributed by atoms with Crippen molar-refractivity contribution in [2.24, 2.45) is 34.0 Å². The number of carbonyl (C=O) groups excluding carboxylic acids is 1. The Balaban J connectivity index is 1.66. The lowest BCUT2D eigenvalue weighted by Gasteiger charge is -2.65. The minimum Gasteiger partial charge on any atom is -0.428 e. The summed E-state index contributed by atoms with van der Waals surface area (Å²) in [7, 11) is 0. The first kappa shape index (κ1) is 19.9. The molecular weight excluding hydrogens is 348 g/mol. The fourth-order valence-electron chi connectivity index (χ4n) is 7.78. The van der Waals surface area contributed by atoms with E-state index in [1.165, 1.54) is 50.2 Å². The number of hydrogen-bond acceptors (Lipinski definition) is 3. The third-order valence-electron chi connectivity index (χ3n) is 9.02. The Kier molecular flexibility index (Phi) is 4.69. The Morgan fingerprint density at radius 1 is 1.11 bits per heavy atom. The van der Waals surface area contributed by atoms with Crippen LogP contribution >= 0.6 is 0 Å². The van der Waals surface area contributed by atoms with Gasteiger partial charge in [0.25, 0.3) is 0 Å². The topological polar surface area (TPSA) is 46.5 Å². The quantitative estimate of drug-likeness (QED) is 0.501. The highest BCUT2D eigenvalue weighted by Gasteiger charge is 2.60. The summed E-state index contributed by atoms with van der Waals surface area (Å²) in [6, 6.07) is 0. The molecule has 3 aliphatic carbocycles. The van der Waals surface area contributed by atoms with Crippen molar-refractivity contribution in [3.05, 3.63) is 36.0 Å². The summed E-state index contributed by atoms with van der Waals surface area (Å²) in [5.74, 6) is 1.32. The average Bonchev–Trinajstić information content (AvgIpc) is 2.90. The molecule has 0 saturated heterocycles. The van der Waals surface area contributed by atoms with Crippen molar-refractivity contribution in [3.8, 4) is 0 Å². The monoisotopic (exact) mass is 384 g/mol. The predicted octanol–water partition coefficient (Wildman–Crippen LogP) is 5.56. The van der Waals surface area contributed by atoms with Crippen LogP contribution in [0.3, 0.4) is 0 Å². The van der Waals surface area contributed by atoms with Crippen molar-refractivity contribution >= 4 is 5.97 Å². The van der Waals surface area contributed by atoms with Crippen LogP contribution in [-0.4, -0.2) is 17.4 Å². The molecule has 0 aromatic rings. The molecule has 0 aromatic heterocycles. The van der Waals surface area contributed by atoms with Gasteiger partial charge < -0.3 is 9.84 Å². The minimum absolute atomic E-state index is 0.194. The minimum atomic E-state index is -1.13.